The van der Waals surface area contributed by atoms with Crippen LogP contribution in [0.5, 0.6) is 0 Å². The van der Waals surface area contributed by atoms with Crippen molar-refractivity contribution in [1.82, 2.24) is 5.32 Å². The second-order valence-electron chi connectivity index (χ2n) is 8.43. The molecule has 1 aliphatic heterocycles. The summed E-state index contributed by atoms with van der Waals surface area (Å²) in [5.41, 5.74) is 4.04. The first-order valence-electron chi connectivity index (χ1n) is 9.78. The van der Waals surface area contributed by atoms with Crippen molar-refractivity contribution >= 4 is 23.0 Å². The van der Waals surface area contributed by atoms with E-state index in [9.17, 15) is 15.2 Å². The van der Waals surface area contributed by atoms with E-state index in [1.54, 1.807) is 11.3 Å². The molecule has 0 unspecified atom stereocenters. The summed E-state index contributed by atoms with van der Waals surface area (Å²) in [6.45, 7) is 7.97. The highest BCUT2D eigenvalue weighted by molar-refractivity contribution is 7.16. The number of carboxylic acids is 1. The van der Waals surface area contributed by atoms with Crippen molar-refractivity contribution in [2.75, 3.05) is 31.1 Å². The average molecular weight is 396 g/mol. The van der Waals surface area contributed by atoms with Gasteiger partial charge >= 0.3 is 5.97 Å². The molecule has 0 amide bonds. The quantitative estimate of drug-likeness (QED) is 0.824. The van der Waals surface area contributed by atoms with E-state index < -0.39 is 5.97 Å². The van der Waals surface area contributed by atoms with Crippen LogP contribution in [-0.4, -0.2) is 37.3 Å². The predicted octanol–water partition coefficient (Wildman–Crippen LogP) is 3.91. The molecule has 0 bridgehead atoms. The summed E-state index contributed by atoms with van der Waals surface area (Å²) in [7, 11) is 0. The highest BCUT2D eigenvalue weighted by Gasteiger charge is 2.34. The van der Waals surface area contributed by atoms with Gasteiger partial charge < -0.3 is 15.3 Å². The van der Waals surface area contributed by atoms with E-state index in [1.165, 1.54) is 4.88 Å². The molecule has 146 valence electrons. The lowest BCUT2D eigenvalue weighted by atomic mass is 9.76. The fraction of sp³-hybridized carbons (Fsp3) is 0.455. The van der Waals surface area contributed by atoms with Crippen LogP contribution in [0.2, 0.25) is 0 Å². The van der Waals surface area contributed by atoms with Crippen molar-refractivity contribution in [1.29, 1.82) is 5.26 Å². The van der Waals surface area contributed by atoms with Gasteiger partial charge in [0.2, 0.25) is 0 Å². The van der Waals surface area contributed by atoms with Crippen molar-refractivity contribution in [3.8, 4) is 16.5 Å². The molecule has 4 rings (SSSR count). The molecule has 2 aromatic rings. The van der Waals surface area contributed by atoms with Crippen LogP contribution < -0.4 is 10.2 Å². The van der Waals surface area contributed by atoms with Crippen LogP contribution in [0, 0.1) is 16.7 Å². The lowest BCUT2D eigenvalue weighted by Gasteiger charge is -2.31. The normalized spacial score (nSPS) is 18.4. The molecule has 1 saturated heterocycles. The fourth-order valence-corrected chi connectivity index (χ4v) is 5.64. The molecule has 28 heavy (non-hydrogen) atoms. The van der Waals surface area contributed by atoms with Crippen LogP contribution in [-0.2, 0) is 12.8 Å². The van der Waals surface area contributed by atoms with Crippen LogP contribution in [0.3, 0.4) is 0 Å². The number of hydrogen-bond acceptors (Lipinski definition) is 5. The summed E-state index contributed by atoms with van der Waals surface area (Å²) in [5.74, 6) is -0.862. The number of carboxylic acid groups (broad SMARTS) is 1. The first-order valence-corrected chi connectivity index (χ1v) is 10.6. The molecule has 0 radical (unpaired) electrons. The van der Waals surface area contributed by atoms with Gasteiger partial charge in [0.15, 0.2) is 0 Å². The summed E-state index contributed by atoms with van der Waals surface area (Å²) in [5, 5.41) is 22.9. The van der Waals surface area contributed by atoms with E-state index in [2.05, 4.69) is 30.1 Å². The average Bonchev–Trinajstić information content (AvgIpc) is 3.05. The number of hydrogen-bond donors (Lipinski definition) is 2. The van der Waals surface area contributed by atoms with E-state index in [0.29, 0.717) is 11.1 Å². The SMILES string of the molecule is CC1(C)CCc2sc(-c3cc(C#N)ccc3N3CCNCC3)c(C(=O)O)c2C1. The van der Waals surface area contributed by atoms with Crippen molar-refractivity contribution in [3.63, 3.8) is 0 Å². The number of nitriles is 1. The van der Waals surface area contributed by atoms with Gasteiger partial charge in [-0.05, 0) is 48.4 Å². The number of thiophene rings is 1. The van der Waals surface area contributed by atoms with Crippen molar-refractivity contribution < 1.29 is 9.90 Å². The maximum absolute atomic E-state index is 12.3. The zero-order valence-electron chi connectivity index (χ0n) is 16.3. The highest BCUT2D eigenvalue weighted by atomic mass is 32.1. The second kappa shape index (κ2) is 7.23. The number of benzene rings is 1. The Labute approximate surface area is 169 Å². The van der Waals surface area contributed by atoms with Gasteiger partial charge in [0, 0.05) is 42.3 Å². The molecule has 1 fully saturated rings. The van der Waals surface area contributed by atoms with Gasteiger partial charge in [0.05, 0.1) is 22.1 Å². The summed E-state index contributed by atoms with van der Waals surface area (Å²) >= 11 is 1.61. The number of rotatable bonds is 3. The maximum atomic E-state index is 12.3. The van der Waals surface area contributed by atoms with Gasteiger partial charge in [-0.15, -0.1) is 11.3 Å². The minimum absolute atomic E-state index is 0.116. The maximum Gasteiger partial charge on any atom is 0.337 e. The number of nitrogens with one attached hydrogen (secondary N) is 1. The molecule has 1 aromatic carbocycles. The van der Waals surface area contributed by atoms with E-state index in [1.807, 2.05) is 18.2 Å². The number of anilines is 1. The Morgan fingerprint density at radius 2 is 2.07 bits per heavy atom. The van der Waals surface area contributed by atoms with Gasteiger partial charge in [-0.1, -0.05) is 13.8 Å². The van der Waals surface area contributed by atoms with Gasteiger partial charge in [-0.2, -0.15) is 5.26 Å². The Morgan fingerprint density at radius 3 is 2.75 bits per heavy atom. The monoisotopic (exact) mass is 395 g/mol. The Hall–Kier alpha value is -2.36. The second-order valence-corrected chi connectivity index (χ2v) is 9.54. The summed E-state index contributed by atoms with van der Waals surface area (Å²) < 4.78 is 0. The largest absolute Gasteiger partial charge is 0.478 e. The van der Waals surface area contributed by atoms with Crippen molar-refractivity contribution in [2.24, 2.45) is 5.41 Å². The van der Waals surface area contributed by atoms with Crippen LogP contribution >= 0.6 is 11.3 Å². The van der Waals surface area contributed by atoms with E-state index in [0.717, 1.165) is 67.1 Å². The molecule has 2 N–H and O–H groups in total. The minimum Gasteiger partial charge on any atom is -0.478 e. The first-order chi connectivity index (χ1) is 13.4. The number of fused-ring (bicyclic) bond motifs is 1. The van der Waals surface area contributed by atoms with Gasteiger partial charge in [0.1, 0.15) is 0 Å². The molecular weight excluding hydrogens is 370 g/mol. The number of aryl methyl sites for hydroxylation is 1. The van der Waals surface area contributed by atoms with Gasteiger partial charge in [-0.3, -0.25) is 0 Å². The molecule has 1 aliphatic carbocycles. The molecule has 5 nitrogen and oxygen atoms in total. The van der Waals surface area contributed by atoms with Gasteiger partial charge in [-0.25, -0.2) is 4.79 Å². The standard InChI is InChI=1S/C22H25N3O2S/c1-22(2)6-5-18-16(12-22)19(21(26)27)20(28-18)15-11-14(13-23)3-4-17(15)25-9-7-24-8-10-25/h3-4,11,24H,5-10,12H2,1-2H3,(H,26,27). The molecule has 1 aromatic heterocycles. The summed E-state index contributed by atoms with van der Waals surface area (Å²) in [6, 6.07) is 7.90. The summed E-state index contributed by atoms with van der Waals surface area (Å²) in [6.07, 6.45) is 2.79. The van der Waals surface area contributed by atoms with E-state index >= 15 is 0 Å². The third-order valence-corrected chi connectivity index (χ3v) is 7.14. The van der Waals surface area contributed by atoms with Crippen LogP contribution in [0.1, 0.15) is 46.6 Å². The van der Waals surface area contributed by atoms with Crippen LogP contribution in [0.25, 0.3) is 10.4 Å². The van der Waals surface area contributed by atoms with Crippen molar-refractivity contribution in [3.05, 3.63) is 39.8 Å². The molecule has 6 heteroatoms. The predicted molar refractivity (Wildman–Crippen MR) is 112 cm³/mol. The molecule has 0 atom stereocenters. The van der Waals surface area contributed by atoms with Gasteiger partial charge in [0.25, 0.3) is 0 Å². The van der Waals surface area contributed by atoms with Crippen LogP contribution in [0.4, 0.5) is 5.69 Å². The Bertz CT molecular complexity index is 965. The molecular formula is C22H25N3O2S. The van der Waals surface area contributed by atoms with E-state index in [-0.39, 0.29) is 5.41 Å². The van der Waals surface area contributed by atoms with Crippen molar-refractivity contribution in [2.45, 2.75) is 33.1 Å². The zero-order valence-corrected chi connectivity index (χ0v) is 17.2. The molecule has 0 spiro atoms. The number of aromatic carboxylic acids is 1. The topological polar surface area (TPSA) is 76.4 Å². The Kier molecular flexibility index (Phi) is 4.90. The molecule has 0 saturated carbocycles. The third kappa shape index (κ3) is 3.41. The Balaban J connectivity index is 1.90. The lowest BCUT2D eigenvalue weighted by molar-refractivity contribution is 0.0696. The minimum atomic E-state index is -0.862. The van der Waals surface area contributed by atoms with E-state index in [4.69, 9.17) is 0 Å². The van der Waals surface area contributed by atoms with Crippen LogP contribution in [0.15, 0.2) is 18.2 Å². The first kappa shape index (κ1) is 19.0. The fourth-order valence-electron chi connectivity index (χ4n) is 4.30. The number of carbonyl (C=O) groups is 1. The number of nitrogens with zero attached hydrogens (tertiary/aromatic N) is 2. The smallest absolute Gasteiger partial charge is 0.337 e. The lowest BCUT2D eigenvalue weighted by Crippen LogP contribution is -2.43. The molecule has 2 heterocycles. The zero-order chi connectivity index (χ0) is 19.9. The third-order valence-electron chi connectivity index (χ3n) is 5.82. The molecule has 2 aliphatic rings. The summed E-state index contributed by atoms with van der Waals surface area (Å²) in [4.78, 5) is 16.6. The number of piperazine rings is 1. The highest BCUT2D eigenvalue weighted by Crippen LogP contribution is 2.47. The Morgan fingerprint density at radius 1 is 1.32 bits per heavy atom.